The van der Waals surface area contributed by atoms with Crippen molar-refractivity contribution in [1.82, 2.24) is 0 Å². The molecule has 0 saturated carbocycles. The molecule has 1 rings (SSSR count). The van der Waals surface area contributed by atoms with Crippen LogP contribution in [0.5, 0.6) is 0 Å². The highest BCUT2D eigenvalue weighted by atomic mass is 32.2. The van der Waals surface area contributed by atoms with Gasteiger partial charge in [0, 0.05) is 6.42 Å². The van der Waals surface area contributed by atoms with E-state index in [1.165, 1.54) is 11.0 Å². The van der Waals surface area contributed by atoms with Crippen molar-refractivity contribution in [2.24, 2.45) is 0 Å². The minimum absolute atomic E-state index is 0.162. The summed E-state index contributed by atoms with van der Waals surface area (Å²) in [5.74, 6) is 0.602. The van der Waals surface area contributed by atoms with Gasteiger partial charge >= 0.3 is 0 Å². The summed E-state index contributed by atoms with van der Waals surface area (Å²) in [5, 5.41) is 18.4. The van der Waals surface area contributed by atoms with E-state index in [1.54, 1.807) is 23.9 Å². The molecule has 1 aliphatic carbocycles. The third-order valence-corrected chi connectivity index (χ3v) is 3.14. The van der Waals surface area contributed by atoms with E-state index in [9.17, 15) is 10.2 Å². The van der Waals surface area contributed by atoms with E-state index in [0.29, 0.717) is 12.2 Å². The Labute approximate surface area is 114 Å². The first kappa shape index (κ1) is 16.6. The summed E-state index contributed by atoms with van der Waals surface area (Å²) in [6.07, 6.45) is 10.1. The van der Waals surface area contributed by atoms with Crippen molar-refractivity contribution < 1.29 is 10.2 Å². The molecule has 0 aromatic heterocycles. The molecule has 18 heavy (non-hydrogen) atoms. The number of hydrogen-bond acceptors (Lipinski definition) is 3. The Morgan fingerprint density at radius 3 is 2.44 bits per heavy atom. The first-order valence-corrected chi connectivity index (χ1v) is 6.90. The smallest absolute Gasteiger partial charge is 0.115 e. The molecule has 0 bridgehead atoms. The summed E-state index contributed by atoms with van der Waals surface area (Å²) in [7, 11) is 0. The molecule has 0 spiro atoms. The largest absolute Gasteiger partial charge is 0.512 e. The van der Waals surface area contributed by atoms with Crippen LogP contribution in [0.25, 0.3) is 0 Å². The normalized spacial score (nSPS) is 16.2. The van der Waals surface area contributed by atoms with E-state index in [4.69, 9.17) is 0 Å². The molecule has 2 N–H and O–H groups in total. The van der Waals surface area contributed by atoms with Gasteiger partial charge in [-0.25, -0.2) is 0 Å². The van der Waals surface area contributed by atoms with Gasteiger partial charge in [0.15, 0.2) is 0 Å². The van der Waals surface area contributed by atoms with Gasteiger partial charge in [0.2, 0.25) is 0 Å². The second kappa shape index (κ2) is 9.66. The molecule has 0 atom stereocenters. The molecule has 0 radical (unpaired) electrons. The molecule has 0 unspecified atom stereocenters. The fraction of sp³-hybridized carbons (Fsp3) is 0.333. The monoisotopic (exact) mass is 266 g/mol. The summed E-state index contributed by atoms with van der Waals surface area (Å²) in [6.45, 7) is 9.44. The average molecular weight is 266 g/mol. The van der Waals surface area contributed by atoms with E-state index in [1.807, 2.05) is 32.9 Å². The van der Waals surface area contributed by atoms with Gasteiger partial charge in [0.05, 0.1) is 5.76 Å². The summed E-state index contributed by atoms with van der Waals surface area (Å²) >= 11 is 1.65. The van der Waals surface area contributed by atoms with Crippen molar-refractivity contribution >= 4 is 11.8 Å². The zero-order valence-corrected chi connectivity index (χ0v) is 12.1. The Morgan fingerprint density at radius 2 is 1.94 bits per heavy atom. The SMILES string of the molecule is C=C/C(O)=C\C=C(/C)SC1=CC=C(O)CC1.CC. The Kier molecular flexibility index (Phi) is 8.93. The highest BCUT2D eigenvalue weighted by Crippen LogP contribution is 2.31. The lowest BCUT2D eigenvalue weighted by molar-refractivity contribution is 0.387. The zero-order valence-electron chi connectivity index (χ0n) is 11.3. The first-order valence-electron chi connectivity index (χ1n) is 6.08. The highest BCUT2D eigenvalue weighted by Gasteiger charge is 2.05. The van der Waals surface area contributed by atoms with Crippen LogP contribution in [0.3, 0.4) is 0 Å². The summed E-state index contributed by atoms with van der Waals surface area (Å²) in [6, 6.07) is 0. The Morgan fingerprint density at radius 1 is 1.28 bits per heavy atom. The number of allylic oxidation sites excluding steroid dienone is 8. The van der Waals surface area contributed by atoms with E-state index < -0.39 is 0 Å². The Hall–Kier alpha value is -1.35. The maximum atomic E-state index is 9.21. The van der Waals surface area contributed by atoms with Gasteiger partial charge in [-0.3, -0.25) is 0 Å². The van der Waals surface area contributed by atoms with Gasteiger partial charge in [0.1, 0.15) is 5.76 Å². The topological polar surface area (TPSA) is 40.5 Å². The molecule has 1 aliphatic rings. The molecule has 3 heteroatoms. The van der Waals surface area contributed by atoms with Gasteiger partial charge in [-0.05, 0) is 53.5 Å². The van der Waals surface area contributed by atoms with E-state index in [-0.39, 0.29) is 5.76 Å². The third kappa shape index (κ3) is 7.07. The Balaban J connectivity index is 0.00000137. The first-order chi connectivity index (χ1) is 8.61. The molecule has 0 heterocycles. The number of hydrogen-bond donors (Lipinski definition) is 2. The van der Waals surface area contributed by atoms with Crippen molar-refractivity contribution in [2.45, 2.75) is 33.6 Å². The van der Waals surface area contributed by atoms with Crippen LogP contribution in [-0.2, 0) is 0 Å². The number of aliphatic hydroxyl groups is 2. The minimum Gasteiger partial charge on any atom is -0.512 e. The molecule has 0 aromatic rings. The van der Waals surface area contributed by atoms with Crippen molar-refractivity contribution in [3.05, 3.63) is 58.3 Å². The van der Waals surface area contributed by atoms with E-state index >= 15 is 0 Å². The quantitative estimate of drug-likeness (QED) is 0.529. The number of thioether (sulfide) groups is 1. The van der Waals surface area contributed by atoms with E-state index in [2.05, 4.69) is 6.58 Å². The molecule has 0 amide bonds. The predicted molar refractivity (Wildman–Crippen MR) is 81.6 cm³/mol. The lowest BCUT2D eigenvalue weighted by Crippen LogP contribution is -1.89. The second-order valence-electron chi connectivity index (χ2n) is 3.47. The average Bonchev–Trinajstić information content (AvgIpc) is 2.41. The van der Waals surface area contributed by atoms with Crippen LogP contribution in [0.1, 0.15) is 33.6 Å². The van der Waals surface area contributed by atoms with Gasteiger partial charge in [-0.2, -0.15) is 0 Å². The predicted octanol–water partition coefficient (Wildman–Crippen LogP) is 5.40. The van der Waals surface area contributed by atoms with Crippen LogP contribution in [0, 0.1) is 0 Å². The van der Waals surface area contributed by atoms with Crippen LogP contribution in [0.4, 0.5) is 0 Å². The van der Waals surface area contributed by atoms with Crippen LogP contribution < -0.4 is 0 Å². The highest BCUT2D eigenvalue weighted by molar-refractivity contribution is 8.06. The van der Waals surface area contributed by atoms with Crippen LogP contribution in [0.15, 0.2) is 58.3 Å². The number of rotatable bonds is 4. The van der Waals surface area contributed by atoms with E-state index in [0.717, 1.165) is 11.3 Å². The number of aliphatic hydroxyl groups excluding tert-OH is 2. The van der Waals surface area contributed by atoms with Crippen LogP contribution >= 0.6 is 11.8 Å². The Bertz CT molecular complexity index is 387. The van der Waals surface area contributed by atoms with Crippen LogP contribution in [-0.4, -0.2) is 10.2 Å². The summed E-state index contributed by atoms with van der Waals surface area (Å²) < 4.78 is 0. The van der Waals surface area contributed by atoms with Crippen LogP contribution in [0.2, 0.25) is 0 Å². The third-order valence-electron chi connectivity index (χ3n) is 2.08. The van der Waals surface area contributed by atoms with Crippen molar-refractivity contribution in [3.63, 3.8) is 0 Å². The summed E-state index contributed by atoms with van der Waals surface area (Å²) in [5.41, 5.74) is 0. The fourth-order valence-electron chi connectivity index (χ4n) is 1.20. The standard InChI is InChI=1S/C13H16O2S.C2H6/c1-3-11(14)5-4-10(2)16-13-8-6-12(15)7-9-13;1-2/h3-6,8,14-15H,1,7,9H2,2H3;1-2H3/b10-4+,11-5+;. The molecule has 0 saturated heterocycles. The fourth-order valence-corrected chi connectivity index (χ4v) is 2.09. The van der Waals surface area contributed by atoms with Gasteiger partial charge < -0.3 is 10.2 Å². The molecule has 100 valence electrons. The lowest BCUT2D eigenvalue weighted by Gasteiger charge is -2.10. The maximum absolute atomic E-state index is 9.21. The molecule has 0 aliphatic heterocycles. The molecular formula is C15H22O2S. The lowest BCUT2D eigenvalue weighted by atomic mass is 10.2. The van der Waals surface area contributed by atoms with Gasteiger partial charge in [-0.1, -0.05) is 32.2 Å². The van der Waals surface area contributed by atoms with Crippen molar-refractivity contribution in [1.29, 1.82) is 0 Å². The van der Waals surface area contributed by atoms with Gasteiger partial charge in [0.25, 0.3) is 0 Å². The van der Waals surface area contributed by atoms with Gasteiger partial charge in [-0.15, -0.1) is 0 Å². The molecule has 0 fully saturated rings. The van der Waals surface area contributed by atoms with Crippen molar-refractivity contribution in [2.75, 3.05) is 0 Å². The molecule has 0 aromatic carbocycles. The minimum atomic E-state index is 0.162. The summed E-state index contributed by atoms with van der Waals surface area (Å²) in [4.78, 5) is 2.31. The second-order valence-corrected chi connectivity index (χ2v) is 4.84. The zero-order chi connectivity index (χ0) is 14.0. The molecular weight excluding hydrogens is 244 g/mol. The van der Waals surface area contributed by atoms with Crippen molar-refractivity contribution in [3.8, 4) is 0 Å². The molecule has 2 nitrogen and oxygen atoms in total. The maximum Gasteiger partial charge on any atom is 0.115 e.